The fourth-order valence-electron chi connectivity index (χ4n) is 1.80. The first-order valence-corrected chi connectivity index (χ1v) is 5.32. The molecular formula is C11H15N3O2. The van der Waals surface area contributed by atoms with E-state index in [1.165, 1.54) is 6.08 Å². The van der Waals surface area contributed by atoms with Gasteiger partial charge in [-0.15, -0.1) is 0 Å². The van der Waals surface area contributed by atoms with E-state index in [0.29, 0.717) is 0 Å². The van der Waals surface area contributed by atoms with Crippen LogP contribution in [0.25, 0.3) is 0 Å². The molecule has 1 amide bonds. The second-order valence-corrected chi connectivity index (χ2v) is 3.80. The number of hydrogen-bond donors (Lipinski definition) is 0. The van der Waals surface area contributed by atoms with Crippen LogP contribution in [0.5, 0.6) is 0 Å². The van der Waals surface area contributed by atoms with Gasteiger partial charge < -0.3 is 9.42 Å². The number of carbonyl (C=O) groups excluding carboxylic acids is 1. The van der Waals surface area contributed by atoms with Crippen molar-refractivity contribution in [2.75, 3.05) is 26.2 Å². The van der Waals surface area contributed by atoms with E-state index in [0.717, 1.165) is 38.4 Å². The van der Waals surface area contributed by atoms with Crippen molar-refractivity contribution in [1.29, 1.82) is 0 Å². The first-order chi connectivity index (χ1) is 7.79. The molecule has 5 nitrogen and oxygen atoms in total. The maximum Gasteiger partial charge on any atom is 0.246 e. The SMILES string of the molecule is C=CC(=O)N1CCN(Cc2ccon2)CC1. The summed E-state index contributed by atoms with van der Waals surface area (Å²) in [7, 11) is 0. The highest BCUT2D eigenvalue weighted by molar-refractivity contribution is 5.87. The van der Waals surface area contributed by atoms with Crippen LogP contribution in [-0.4, -0.2) is 47.0 Å². The van der Waals surface area contributed by atoms with Gasteiger partial charge in [0.1, 0.15) is 6.26 Å². The van der Waals surface area contributed by atoms with Crippen molar-refractivity contribution in [1.82, 2.24) is 15.0 Å². The summed E-state index contributed by atoms with van der Waals surface area (Å²) >= 11 is 0. The van der Waals surface area contributed by atoms with Crippen LogP contribution in [0.2, 0.25) is 0 Å². The number of nitrogens with zero attached hydrogens (tertiary/aromatic N) is 3. The Bertz CT molecular complexity index is 353. The van der Waals surface area contributed by atoms with E-state index in [9.17, 15) is 4.79 Å². The summed E-state index contributed by atoms with van der Waals surface area (Å²) < 4.78 is 4.78. The molecule has 0 bridgehead atoms. The molecule has 1 aromatic rings. The fourth-order valence-corrected chi connectivity index (χ4v) is 1.80. The van der Waals surface area contributed by atoms with Gasteiger partial charge in [-0.1, -0.05) is 11.7 Å². The van der Waals surface area contributed by atoms with Gasteiger partial charge >= 0.3 is 0 Å². The molecule has 0 aliphatic carbocycles. The molecule has 2 rings (SSSR count). The number of aromatic nitrogens is 1. The van der Waals surface area contributed by atoms with E-state index in [4.69, 9.17) is 4.52 Å². The van der Waals surface area contributed by atoms with Crippen molar-refractivity contribution in [3.8, 4) is 0 Å². The molecule has 1 aromatic heterocycles. The molecule has 5 heteroatoms. The van der Waals surface area contributed by atoms with Crippen LogP contribution in [0.3, 0.4) is 0 Å². The molecule has 1 aliphatic rings. The predicted octanol–water partition coefficient (Wildman–Crippen LogP) is 0.505. The lowest BCUT2D eigenvalue weighted by atomic mass is 10.3. The third-order valence-electron chi connectivity index (χ3n) is 2.74. The molecule has 1 aliphatic heterocycles. The van der Waals surface area contributed by atoms with Crippen molar-refractivity contribution < 1.29 is 9.32 Å². The van der Waals surface area contributed by atoms with Gasteiger partial charge in [0.15, 0.2) is 0 Å². The minimum absolute atomic E-state index is 0.0149. The van der Waals surface area contributed by atoms with Crippen molar-refractivity contribution in [2.45, 2.75) is 6.54 Å². The lowest BCUT2D eigenvalue weighted by molar-refractivity contribution is -0.127. The molecular weight excluding hydrogens is 206 g/mol. The van der Waals surface area contributed by atoms with Gasteiger partial charge in [-0.3, -0.25) is 9.69 Å². The van der Waals surface area contributed by atoms with E-state index in [2.05, 4.69) is 16.6 Å². The van der Waals surface area contributed by atoms with Gasteiger partial charge in [0.05, 0.1) is 5.69 Å². The topological polar surface area (TPSA) is 49.6 Å². The average molecular weight is 221 g/mol. The summed E-state index contributed by atoms with van der Waals surface area (Å²) in [4.78, 5) is 15.4. The van der Waals surface area contributed by atoms with Crippen LogP contribution >= 0.6 is 0 Å². The first kappa shape index (κ1) is 10.9. The Balaban J connectivity index is 1.81. The van der Waals surface area contributed by atoms with Crippen molar-refractivity contribution in [3.63, 3.8) is 0 Å². The summed E-state index contributed by atoms with van der Waals surface area (Å²) in [5.74, 6) is 0.0149. The maximum absolute atomic E-state index is 11.4. The Morgan fingerprint density at radius 3 is 2.81 bits per heavy atom. The molecule has 0 aromatic carbocycles. The second-order valence-electron chi connectivity index (χ2n) is 3.80. The monoisotopic (exact) mass is 221 g/mol. The van der Waals surface area contributed by atoms with Crippen LogP contribution in [0, 0.1) is 0 Å². The van der Waals surface area contributed by atoms with Crippen LogP contribution in [0.1, 0.15) is 5.69 Å². The van der Waals surface area contributed by atoms with Gasteiger partial charge in [-0.25, -0.2) is 0 Å². The number of hydrogen-bond acceptors (Lipinski definition) is 4. The summed E-state index contributed by atoms with van der Waals surface area (Å²) in [6, 6.07) is 1.86. The largest absolute Gasteiger partial charge is 0.364 e. The highest BCUT2D eigenvalue weighted by atomic mass is 16.5. The second kappa shape index (κ2) is 4.94. The standard InChI is InChI=1S/C11H15N3O2/c1-2-11(15)14-6-4-13(5-7-14)9-10-3-8-16-12-10/h2-3,8H,1,4-7,9H2. The Kier molecular flexibility index (Phi) is 3.36. The normalized spacial score (nSPS) is 17.4. The molecule has 16 heavy (non-hydrogen) atoms. The van der Waals surface area contributed by atoms with E-state index < -0.39 is 0 Å². The van der Waals surface area contributed by atoms with Gasteiger partial charge in [-0.2, -0.15) is 0 Å². The zero-order valence-corrected chi connectivity index (χ0v) is 9.13. The Morgan fingerprint density at radius 1 is 1.50 bits per heavy atom. The summed E-state index contributed by atoms with van der Waals surface area (Å²) in [6.45, 7) is 7.51. The first-order valence-electron chi connectivity index (χ1n) is 5.32. The van der Waals surface area contributed by atoms with Crippen LogP contribution in [-0.2, 0) is 11.3 Å². The number of carbonyl (C=O) groups is 1. The predicted molar refractivity (Wildman–Crippen MR) is 58.6 cm³/mol. The van der Waals surface area contributed by atoms with Gasteiger partial charge in [0.25, 0.3) is 0 Å². The minimum Gasteiger partial charge on any atom is -0.364 e. The molecule has 0 unspecified atom stereocenters. The minimum atomic E-state index is 0.0149. The average Bonchev–Trinajstić information content (AvgIpc) is 2.82. The van der Waals surface area contributed by atoms with Crippen molar-refractivity contribution in [3.05, 3.63) is 30.7 Å². The zero-order chi connectivity index (χ0) is 11.4. The van der Waals surface area contributed by atoms with Gasteiger partial charge in [0.2, 0.25) is 5.91 Å². The van der Waals surface area contributed by atoms with E-state index in [1.807, 2.05) is 11.0 Å². The van der Waals surface area contributed by atoms with Crippen molar-refractivity contribution >= 4 is 5.91 Å². The summed E-state index contributed by atoms with van der Waals surface area (Å²) in [5, 5.41) is 3.87. The zero-order valence-electron chi connectivity index (χ0n) is 9.13. The number of rotatable bonds is 3. The molecule has 0 atom stereocenters. The van der Waals surface area contributed by atoms with E-state index in [1.54, 1.807) is 6.26 Å². The highest BCUT2D eigenvalue weighted by Gasteiger charge is 2.19. The molecule has 0 radical (unpaired) electrons. The molecule has 0 spiro atoms. The Labute approximate surface area is 94.3 Å². The molecule has 0 N–H and O–H groups in total. The molecule has 86 valence electrons. The summed E-state index contributed by atoms with van der Waals surface area (Å²) in [6.07, 6.45) is 2.94. The molecule has 0 saturated carbocycles. The highest BCUT2D eigenvalue weighted by Crippen LogP contribution is 2.07. The van der Waals surface area contributed by atoms with E-state index >= 15 is 0 Å². The maximum atomic E-state index is 11.4. The lowest BCUT2D eigenvalue weighted by Gasteiger charge is -2.33. The molecule has 2 heterocycles. The Hall–Kier alpha value is -1.62. The third-order valence-corrected chi connectivity index (χ3v) is 2.74. The van der Waals surface area contributed by atoms with Crippen LogP contribution in [0.4, 0.5) is 0 Å². The van der Waals surface area contributed by atoms with Gasteiger partial charge in [-0.05, 0) is 6.08 Å². The van der Waals surface area contributed by atoms with Gasteiger partial charge in [0, 0.05) is 38.8 Å². The smallest absolute Gasteiger partial charge is 0.246 e. The number of amides is 1. The summed E-state index contributed by atoms with van der Waals surface area (Å²) in [5.41, 5.74) is 0.934. The van der Waals surface area contributed by atoms with Crippen LogP contribution < -0.4 is 0 Å². The Morgan fingerprint density at radius 2 is 2.25 bits per heavy atom. The van der Waals surface area contributed by atoms with Crippen LogP contribution in [0.15, 0.2) is 29.5 Å². The molecule has 1 saturated heterocycles. The van der Waals surface area contributed by atoms with Crippen molar-refractivity contribution in [2.24, 2.45) is 0 Å². The third kappa shape index (κ3) is 2.49. The fraction of sp³-hybridized carbons (Fsp3) is 0.455. The molecule has 1 fully saturated rings. The van der Waals surface area contributed by atoms with E-state index in [-0.39, 0.29) is 5.91 Å². The lowest BCUT2D eigenvalue weighted by Crippen LogP contribution is -2.47. The quantitative estimate of drug-likeness (QED) is 0.698. The number of piperazine rings is 1.